The van der Waals surface area contributed by atoms with Crippen molar-refractivity contribution in [2.24, 2.45) is 0 Å². The van der Waals surface area contributed by atoms with E-state index in [-0.39, 0.29) is 17.1 Å². The first kappa shape index (κ1) is 18.9. The van der Waals surface area contributed by atoms with Gasteiger partial charge in [-0.1, -0.05) is 35.5 Å². The molecule has 0 atom stereocenters. The van der Waals surface area contributed by atoms with Gasteiger partial charge in [-0.25, -0.2) is 4.98 Å². The molecule has 136 valence electrons. The molecule has 3 aromatic rings. The lowest BCUT2D eigenvalue weighted by molar-refractivity contribution is 0.102. The van der Waals surface area contributed by atoms with Crippen molar-refractivity contribution in [3.05, 3.63) is 55.7 Å². The smallest absolute Gasteiger partial charge is 0.263 e. The average Bonchev–Trinajstić information content (AvgIpc) is 2.87. The number of nitrogens with zero attached hydrogens (tertiary/aromatic N) is 2. The van der Waals surface area contributed by atoms with E-state index >= 15 is 0 Å². The van der Waals surface area contributed by atoms with Gasteiger partial charge in [0.25, 0.3) is 5.56 Å². The lowest BCUT2D eigenvalue weighted by Gasteiger charge is -2.10. The highest BCUT2D eigenvalue weighted by Crippen LogP contribution is 2.28. The first-order valence-electron chi connectivity index (χ1n) is 8.57. The summed E-state index contributed by atoms with van der Waals surface area (Å²) in [5.74, 6) is 0.327. The Balaban J connectivity index is 1.93. The summed E-state index contributed by atoms with van der Waals surface area (Å²) in [6, 6.07) is 5.85. The Morgan fingerprint density at radius 2 is 1.96 bits per heavy atom. The van der Waals surface area contributed by atoms with Gasteiger partial charge in [-0.2, -0.15) is 0 Å². The van der Waals surface area contributed by atoms with Crippen LogP contribution >= 0.6 is 23.1 Å². The highest BCUT2D eigenvalue weighted by atomic mass is 32.2. The minimum Gasteiger partial charge on any atom is -0.293 e. The van der Waals surface area contributed by atoms with Gasteiger partial charge < -0.3 is 0 Å². The fraction of sp³-hybridized carbons (Fsp3) is 0.350. The molecule has 0 radical (unpaired) electrons. The topological polar surface area (TPSA) is 52.0 Å². The van der Waals surface area contributed by atoms with Gasteiger partial charge in [-0.15, -0.1) is 11.3 Å². The molecule has 0 aliphatic rings. The van der Waals surface area contributed by atoms with Crippen molar-refractivity contribution in [1.29, 1.82) is 0 Å². The number of benzene rings is 1. The third-order valence-electron chi connectivity index (χ3n) is 4.58. The molecule has 0 saturated carbocycles. The second kappa shape index (κ2) is 7.37. The van der Waals surface area contributed by atoms with E-state index in [9.17, 15) is 9.59 Å². The molecule has 0 bridgehead atoms. The molecule has 0 spiro atoms. The fourth-order valence-electron chi connectivity index (χ4n) is 3.03. The number of hydrogen-bond donors (Lipinski definition) is 0. The van der Waals surface area contributed by atoms with E-state index in [1.54, 1.807) is 4.57 Å². The van der Waals surface area contributed by atoms with Gasteiger partial charge in [0, 0.05) is 17.0 Å². The number of carbonyl (C=O) groups is 1. The Kier molecular flexibility index (Phi) is 5.34. The largest absolute Gasteiger partial charge is 0.293 e. The maximum atomic E-state index is 12.9. The van der Waals surface area contributed by atoms with Gasteiger partial charge in [-0.3, -0.25) is 14.2 Å². The van der Waals surface area contributed by atoms with E-state index in [1.807, 2.05) is 52.8 Å². The van der Waals surface area contributed by atoms with Gasteiger partial charge in [0.2, 0.25) is 0 Å². The minimum atomic E-state index is -0.0131. The zero-order chi connectivity index (χ0) is 19.0. The van der Waals surface area contributed by atoms with Crippen molar-refractivity contribution in [3.8, 4) is 0 Å². The molecule has 0 aliphatic heterocycles. The summed E-state index contributed by atoms with van der Waals surface area (Å²) in [5.41, 5.74) is 3.85. The summed E-state index contributed by atoms with van der Waals surface area (Å²) >= 11 is 2.88. The second-order valence-electron chi connectivity index (χ2n) is 6.44. The quantitative estimate of drug-likeness (QED) is 0.363. The van der Waals surface area contributed by atoms with Crippen LogP contribution in [0.5, 0.6) is 0 Å². The van der Waals surface area contributed by atoms with Crippen LogP contribution in [0.3, 0.4) is 0 Å². The number of ketones is 1. The molecule has 0 saturated heterocycles. The van der Waals surface area contributed by atoms with E-state index in [0.29, 0.717) is 17.1 Å². The van der Waals surface area contributed by atoms with Gasteiger partial charge in [0.05, 0.1) is 11.1 Å². The van der Waals surface area contributed by atoms with E-state index < -0.39 is 0 Å². The highest BCUT2D eigenvalue weighted by Gasteiger charge is 2.17. The summed E-state index contributed by atoms with van der Waals surface area (Å²) in [6.45, 7) is 10.4. The van der Waals surface area contributed by atoms with Crippen molar-refractivity contribution < 1.29 is 4.79 Å². The predicted octanol–water partition coefficient (Wildman–Crippen LogP) is 4.69. The zero-order valence-corrected chi connectivity index (χ0v) is 17.3. The second-order valence-corrected chi connectivity index (χ2v) is 8.58. The van der Waals surface area contributed by atoms with Gasteiger partial charge >= 0.3 is 0 Å². The zero-order valence-electron chi connectivity index (χ0n) is 15.7. The van der Waals surface area contributed by atoms with E-state index in [0.717, 1.165) is 32.0 Å². The Hall–Kier alpha value is -1.92. The first-order chi connectivity index (χ1) is 12.3. The maximum Gasteiger partial charge on any atom is 0.263 e. The molecular formula is C20H22N2O2S2. The van der Waals surface area contributed by atoms with Crippen molar-refractivity contribution in [2.75, 3.05) is 5.75 Å². The number of aromatic nitrogens is 2. The van der Waals surface area contributed by atoms with E-state index in [4.69, 9.17) is 0 Å². The molecule has 0 amide bonds. The highest BCUT2D eigenvalue weighted by molar-refractivity contribution is 7.99. The molecule has 3 rings (SSSR count). The number of thiophene rings is 1. The molecule has 2 heterocycles. The van der Waals surface area contributed by atoms with Crippen LogP contribution in [0.4, 0.5) is 0 Å². The molecule has 0 N–H and O–H groups in total. The van der Waals surface area contributed by atoms with Crippen LogP contribution in [0.15, 0.2) is 28.2 Å². The molecule has 0 aliphatic carbocycles. The summed E-state index contributed by atoms with van der Waals surface area (Å²) < 4.78 is 1.67. The van der Waals surface area contributed by atoms with Crippen molar-refractivity contribution >= 4 is 39.1 Å². The van der Waals surface area contributed by atoms with Crippen molar-refractivity contribution in [3.63, 3.8) is 0 Å². The summed E-state index contributed by atoms with van der Waals surface area (Å²) in [5, 5.41) is 1.32. The van der Waals surface area contributed by atoms with Gasteiger partial charge in [0.1, 0.15) is 4.83 Å². The van der Waals surface area contributed by atoms with E-state index in [1.165, 1.54) is 23.1 Å². The van der Waals surface area contributed by atoms with Crippen molar-refractivity contribution in [2.45, 2.75) is 46.3 Å². The van der Waals surface area contributed by atoms with Crippen molar-refractivity contribution in [1.82, 2.24) is 9.55 Å². The Morgan fingerprint density at radius 3 is 2.62 bits per heavy atom. The molecule has 26 heavy (non-hydrogen) atoms. The summed E-state index contributed by atoms with van der Waals surface area (Å²) in [6.07, 6.45) is 0. The number of thioether (sulfide) groups is 1. The standard InChI is InChI=1S/C20H22N2O2S2/c1-6-22-19(24)17-13(4)14(5)26-18(17)21-20(22)25-10-16(23)15-8-7-11(2)9-12(15)3/h7-9H,6,10H2,1-5H3. The molecule has 4 nitrogen and oxygen atoms in total. The number of carbonyl (C=O) groups excluding carboxylic acids is 1. The monoisotopic (exact) mass is 386 g/mol. The Bertz CT molecular complexity index is 1060. The lowest BCUT2D eigenvalue weighted by Crippen LogP contribution is -2.22. The fourth-order valence-corrected chi connectivity index (χ4v) is 5.05. The number of fused-ring (bicyclic) bond motifs is 1. The molecule has 2 aromatic heterocycles. The molecule has 0 fully saturated rings. The van der Waals surface area contributed by atoms with Gasteiger partial charge in [0.15, 0.2) is 10.9 Å². The maximum absolute atomic E-state index is 12.9. The Labute approximate surface area is 161 Å². The van der Waals surface area contributed by atoms with Crippen LogP contribution in [0.1, 0.15) is 38.8 Å². The first-order valence-corrected chi connectivity index (χ1v) is 10.4. The molecular weight excluding hydrogens is 364 g/mol. The predicted molar refractivity (Wildman–Crippen MR) is 110 cm³/mol. The SMILES string of the molecule is CCn1c(SCC(=O)c2ccc(C)cc2C)nc2sc(C)c(C)c2c1=O. The normalized spacial score (nSPS) is 11.3. The molecule has 0 unspecified atom stereocenters. The van der Waals surface area contributed by atoms with Crippen LogP contribution in [0, 0.1) is 27.7 Å². The third-order valence-corrected chi connectivity index (χ3v) is 6.66. The van der Waals surface area contributed by atoms with Crippen LogP contribution in [0.2, 0.25) is 0 Å². The summed E-state index contributed by atoms with van der Waals surface area (Å²) in [7, 11) is 0. The number of rotatable bonds is 5. The number of hydrogen-bond acceptors (Lipinski definition) is 5. The third kappa shape index (κ3) is 3.35. The van der Waals surface area contributed by atoms with Gasteiger partial charge in [-0.05, 0) is 45.7 Å². The summed E-state index contributed by atoms with van der Waals surface area (Å²) in [4.78, 5) is 32.0. The van der Waals surface area contributed by atoms with Crippen LogP contribution in [-0.2, 0) is 6.54 Å². The van der Waals surface area contributed by atoms with Crippen LogP contribution in [0.25, 0.3) is 10.2 Å². The molecule has 1 aromatic carbocycles. The van der Waals surface area contributed by atoms with E-state index in [2.05, 4.69) is 4.98 Å². The average molecular weight is 387 g/mol. The molecule has 6 heteroatoms. The van der Waals surface area contributed by atoms with Crippen LogP contribution in [-0.4, -0.2) is 21.1 Å². The number of Topliss-reactive ketones (excluding diaryl/α,β-unsaturated/α-hetero) is 1. The number of aryl methyl sites for hydroxylation is 4. The minimum absolute atomic E-state index is 0.0131. The Morgan fingerprint density at radius 1 is 1.23 bits per heavy atom. The van der Waals surface area contributed by atoms with Crippen LogP contribution < -0.4 is 5.56 Å². The lowest BCUT2D eigenvalue weighted by atomic mass is 10.0.